The summed E-state index contributed by atoms with van der Waals surface area (Å²) in [7, 11) is 0. The van der Waals surface area contributed by atoms with E-state index in [4.69, 9.17) is 8.83 Å². The first kappa shape index (κ1) is 29.8. The molecule has 3 nitrogen and oxygen atoms in total. The highest BCUT2D eigenvalue weighted by Crippen LogP contribution is 2.54. The second-order valence-corrected chi connectivity index (χ2v) is 14.2. The highest BCUT2D eigenvalue weighted by atomic mass is 16.3. The van der Waals surface area contributed by atoms with Crippen LogP contribution in [0, 0.1) is 0 Å². The summed E-state index contributed by atoms with van der Waals surface area (Å²) in [4.78, 5) is 2.32. The highest BCUT2D eigenvalue weighted by Gasteiger charge is 2.42. The second kappa shape index (κ2) is 11.3. The Morgan fingerprint density at radius 2 is 0.962 bits per heavy atom. The lowest BCUT2D eigenvalue weighted by Crippen LogP contribution is -2.22. The molecule has 2 heterocycles. The van der Waals surface area contributed by atoms with Crippen LogP contribution in [0.2, 0.25) is 0 Å². The van der Waals surface area contributed by atoms with Gasteiger partial charge in [-0.1, -0.05) is 140 Å². The Morgan fingerprint density at radius 1 is 0.396 bits per heavy atom. The maximum absolute atomic E-state index is 7.22. The van der Waals surface area contributed by atoms with Crippen molar-refractivity contribution in [1.82, 2.24) is 0 Å². The third-order valence-electron chi connectivity index (χ3n) is 11.4. The minimum Gasteiger partial charge on any atom is -0.456 e. The topological polar surface area (TPSA) is 29.5 Å². The van der Waals surface area contributed by atoms with E-state index in [0.29, 0.717) is 0 Å². The molecule has 1 aliphatic rings. The van der Waals surface area contributed by atoms with Crippen LogP contribution in [0.5, 0.6) is 0 Å². The van der Waals surface area contributed by atoms with Crippen LogP contribution in [-0.2, 0) is 5.41 Å². The molecular weight excluding hydrogens is 647 g/mol. The van der Waals surface area contributed by atoms with Gasteiger partial charge in [-0.2, -0.15) is 0 Å². The van der Waals surface area contributed by atoms with Crippen LogP contribution in [0.3, 0.4) is 0 Å². The Morgan fingerprint density at radius 3 is 1.74 bits per heavy atom. The number of hydrogen-bond acceptors (Lipinski definition) is 3. The van der Waals surface area contributed by atoms with Crippen molar-refractivity contribution in [3.05, 3.63) is 199 Å². The number of anilines is 3. The predicted octanol–water partition coefficient (Wildman–Crippen LogP) is 14.0. The molecule has 0 aliphatic heterocycles. The van der Waals surface area contributed by atoms with Gasteiger partial charge >= 0.3 is 0 Å². The van der Waals surface area contributed by atoms with Crippen LogP contribution in [0.4, 0.5) is 17.1 Å². The number of fused-ring (bicyclic) bond motifs is 9. The van der Waals surface area contributed by atoms with Crippen molar-refractivity contribution >= 4 is 60.9 Å². The number of furan rings is 2. The number of hydrogen-bond donors (Lipinski definition) is 0. The SMILES string of the molecule is CC1(c2cccc3c2oc2c(N(c4ccc(-c5ccccc5)cc4)c4ccc5oc6ccccc6c5c4)cccc23)c2ccccc2-c2ccccc21. The van der Waals surface area contributed by atoms with Gasteiger partial charge in [0.1, 0.15) is 16.7 Å². The van der Waals surface area contributed by atoms with Gasteiger partial charge < -0.3 is 13.7 Å². The summed E-state index contributed by atoms with van der Waals surface area (Å²) >= 11 is 0. The monoisotopic (exact) mass is 679 g/mol. The minimum absolute atomic E-state index is 0.388. The van der Waals surface area contributed by atoms with Crippen molar-refractivity contribution < 1.29 is 8.83 Å². The summed E-state index contributed by atoms with van der Waals surface area (Å²) in [5.41, 5.74) is 14.9. The van der Waals surface area contributed by atoms with E-state index in [1.165, 1.54) is 38.9 Å². The number of para-hydroxylation sites is 3. The molecule has 0 amide bonds. The summed E-state index contributed by atoms with van der Waals surface area (Å²) in [5.74, 6) is 0. The van der Waals surface area contributed by atoms with Crippen LogP contribution in [0.25, 0.3) is 66.1 Å². The van der Waals surface area contributed by atoms with Crippen molar-refractivity contribution in [1.29, 1.82) is 0 Å². The molecule has 0 atom stereocenters. The number of benzene rings is 8. The lowest BCUT2D eigenvalue weighted by atomic mass is 9.74. The molecule has 10 aromatic rings. The zero-order chi connectivity index (χ0) is 35.1. The first-order valence-corrected chi connectivity index (χ1v) is 18.2. The molecule has 0 saturated heterocycles. The van der Waals surface area contributed by atoms with E-state index in [1.54, 1.807) is 0 Å². The molecule has 250 valence electrons. The average Bonchev–Trinajstić information content (AvgIpc) is 3.88. The highest BCUT2D eigenvalue weighted by molar-refractivity contribution is 6.12. The third kappa shape index (κ3) is 4.34. The first-order valence-electron chi connectivity index (χ1n) is 18.2. The van der Waals surface area contributed by atoms with Crippen molar-refractivity contribution in [2.24, 2.45) is 0 Å². The van der Waals surface area contributed by atoms with Crippen LogP contribution < -0.4 is 4.90 Å². The largest absolute Gasteiger partial charge is 0.456 e. The summed E-state index contributed by atoms with van der Waals surface area (Å²) < 4.78 is 13.5. The van der Waals surface area contributed by atoms with Gasteiger partial charge in [0.2, 0.25) is 0 Å². The van der Waals surface area contributed by atoms with Gasteiger partial charge in [0, 0.05) is 43.9 Å². The average molecular weight is 680 g/mol. The van der Waals surface area contributed by atoms with E-state index in [-0.39, 0.29) is 5.41 Å². The Kier molecular flexibility index (Phi) is 6.38. The van der Waals surface area contributed by atoms with E-state index in [9.17, 15) is 0 Å². The normalized spacial score (nSPS) is 13.2. The van der Waals surface area contributed by atoms with Crippen molar-refractivity contribution in [2.45, 2.75) is 12.3 Å². The fourth-order valence-corrected chi connectivity index (χ4v) is 8.83. The van der Waals surface area contributed by atoms with Crippen LogP contribution in [0.1, 0.15) is 23.6 Å². The fourth-order valence-electron chi connectivity index (χ4n) is 8.83. The van der Waals surface area contributed by atoms with Gasteiger partial charge in [-0.3, -0.25) is 0 Å². The molecule has 0 unspecified atom stereocenters. The van der Waals surface area contributed by atoms with Crippen molar-refractivity contribution in [2.75, 3.05) is 4.90 Å². The Bertz CT molecular complexity index is 2980. The van der Waals surface area contributed by atoms with E-state index in [1.807, 2.05) is 12.1 Å². The van der Waals surface area contributed by atoms with E-state index >= 15 is 0 Å². The molecule has 3 heteroatoms. The fraction of sp³-hybridized carbons (Fsp3) is 0.0400. The van der Waals surface area contributed by atoms with Gasteiger partial charge in [-0.25, -0.2) is 0 Å². The van der Waals surface area contributed by atoms with Gasteiger partial charge in [0.05, 0.1) is 5.69 Å². The predicted molar refractivity (Wildman–Crippen MR) is 219 cm³/mol. The standard InChI is InChI=1S/C50H33NO2/c1-50(42-20-8-5-15-36(42)37-16-6-9-21-43(37)50)44-22-11-18-39-40-19-12-23-45(49(40)53-48(39)44)51(34-27-25-33(26-28-34)32-13-3-2-4-14-32)35-29-30-47-41(31-35)38-17-7-10-24-46(38)52-47/h2-31H,1H3. The zero-order valence-corrected chi connectivity index (χ0v) is 29.1. The maximum Gasteiger partial charge on any atom is 0.159 e. The van der Waals surface area contributed by atoms with E-state index in [2.05, 4.69) is 182 Å². The summed E-state index contributed by atoms with van der Waals surface area (Å²) in [6.07, 6.45) is 0. The quantitative estimate of drug-likeness (QED) is 0.181. The van der Waals surface area contributed by atoms with Crippen LogP contribution in [0.15, 0.2) is 191 Å². The van der Waals surface area contributed by atoms with E-state index in [0.717, 1.165) is 60.9 Å². The molecule has 0 bridgehead atoms. The first-order chi connectivity index (χ1) is 26.2. The Balaban J connectivity index is 1.15. The summed E-state index contributed by atoms with van der Waals surface area (Å²) in [5, 5.41) is 4.37. The molecule has 53 heavy (non-hydrogen) atoms. The number of nitrogens with zero attached hydrogens (tertiary/aromatic N) is 1. The van der Waals surface area contributed by atoms with Crippen LogP contribution >= 0.6 is 0 Å². The molecule has 11 rings (SSSR count). The number of rotatable bonds is 5. The minimum atomic E-state index is -0.388. The summed E-state index contributed by atoms with van der Waals surface area (Å²) in [6, 6.07) is 64.9. The molecule has 2 aromatic heterocycles. The lowest BCUT2D eigenvalue weighted by Gasteiger charge is -2.28. The molecule has 1 aliphatic carbocycles. The molecule has 0 radical (unpaired) electrons. The zero-order valence-electron chi connectivity index (χ0n) is 29.1. The van der Waals surface area contributed by atoms with Crippen molar-refractivity contribution in [3.8, 4) is 22.3 Å². The molecule has 0 saturated carbocycles. The summed E-state index contributed by atoms with van der Waals surface area (Å²) in [6.45, 7) is 2.35. The Labute approximate surface area is 307 Å². The maximum atomic E-state index is 7.22. The smallest absolute Gasteiger partial charge is 0.159 e. The second-order valence-electron chi connectivity index (χ2n) is 14.2. The Hall–Kier alpha value is -6.84. The molecular formula is C50H33NO2. The molecule has 0 spiro atoms. The lowest BCUT2D eigenvalue weighted by molar-refractivity contribution is 0.638. The van der Waals surface area contributed by atoms with Crippen LogP contribution in [-0.4, -0.2) is 0 Å². The van der Waals surface area contributed by atoms with Crippen molar-refractivity contribution in [3.63, 3.8) is 0 Å². The molecule has 8 aromatic carbocycles. The third-order valence-corrected chi connectivity index (χ3v) is 11.4. The van der Waals surface area contributed by atoms with Gasteiger partial charge in [-0.05, 0) is 82.8 Å². The van der Waals surface area contributed by atoms with Gasteiger partial charge in [0.25, 0.3) is 0 Å². The molecule has 0 N–H and O–H groups in total. The van der Waals surface area contributed by atoms with E-state index < -0.39 is 0 Å². The molecule has 0 fully saturated rings. The van der Waals surface area contributed by atoms with Gasteiger partial charge in [0.15, 0.2) is 5.58 Å². The van der Waals surface area contributed by atoms with Gasteiger partial charge in [-0.15, -0.1) is 0 Å².